The number of thiocarbonyl (C=S) groups is 3. The zero-order valence-electron chi connectivity index (χ0n) is 10.7. The van der Waals surface area contributed by atoms with Crippen LogP contribution in [0.4, 0.5) is 0 Å². The zero-order valence-corrected chi connectivity index (χ0v) is 14.8. The van der Waals surface area contributed by atoms with Crippen molar-refractivity contribution in [2.24, 2.45) is 0 Å². The summed E-state index contributed by atoms with van der Waals surface area (Å²) in [5.41, 5.74) is 0. The summed E-state index contributed by atoms with van der Waals surface area (Å²) in [5.74, 6) is 0. The van der Waals surface area contributed by atoms with Crippen LogP contribution in [0.2, 0.25) is 0 Å². The SMILES string of the molecule is S=C(NP(=S)(NC(=S)N1CC1)NC(=S)N1CC1)N1CC1. The van der Waals surface area contributed by atoms with E-state index in [-0.39, 0.29) is 0 Å². The van der Waals surface area contributed by atoms with Crippen LogP contribution in [-0.4, -0.2) is 69.3 Å². The number of rotatable bonds is 3. The number of hydrogen-bond donors (Lipinski definition) is 3. The molecule has 3 heterocycles. The molecule has 3 N–H and O–H groups in total. The van der Waals surface area contributed by atoms with Gasteiger partial charge in [0.1, 0.15) is 0 Å². The molecule has 0 radical (unpaired) electrons. The van der Waals surface area contributed by atoms with Crippen molar-refractivity contribution in [1.82, 2.24) is 30.0 Å². The van der Waals surface area contributed by atoms with Crippen molar-refractivity contribution in [1.29, 1.82) is 0 Å². The second-order valence-corrected chi connectivity index (χ2v) is 9.51. The zero-order chi connectivity index (χ0) is 14.3. The van der Waals surface area contributed by atoms with Gasteiger partial charge in [-0.3, -0.25) is 0 Å². The van der Waals surface area contributed by atoms with E-state index < -0.39 is 6.49 Å². The highest BCUT2D eigenvalue weighted by Crippen LogP contribution is 2.34. The molecule has 20 heavy (non-hydrogen) atoms. The molecule has 11 heteroatoms. The predicted molar refractivity (Wildman–Crippen MR) is 96.2 cm³/mol. The minimum Gasteiger partial charge on any atom is -0.345 e. The molecule has 0 spiro atoms. The monoisotopic (exact) mass is 366 g/mol. The Balaban J connectivity index is 1.65. The fourth-order valence-electron chi connectivity index (χ4n) is 1.46. The molecule has 3 fully saturated rings. The van der Waals surface area contributed by atoms with Gasteiger partial charge in [0.25, 0.3) is 0 Å². The molecule has 110 valence electrons. The van der Waals surface area contributed by atoms with E-state index in [0.29, 0.717) is 15.3 Å². The summed E-state index contributed by atoms with van der Waals surface area (Å²) in [6, 6.07) is 0. The Bertz CT molecular complexity index is 441. The average molecular weight is 367 g/mol. The number of hydrogen-bond acceptors (Lipinski definition) is 4. The summed E-state index contributed by atoms with van der Waals surface area (Å²) >= 11 is 21.7. The Labute approximate surface area is 139 Å². The lowest BCUT2D eigenvalue weighted by Gasteiger charge is -2.29. The molecule has 3 aliphatic rings. The molecule has 3 rings (SSSR count). The Morgan fingerprint density at radius 1 is 0.650 bits per heavy atom. The molecule has 0 aromatic carbocycles. The van der Waals surface area contributed by atoms with Gasteiger partial charge in [-0.05, 0) is 48.5 Å². The highest BCUT2D eigenvalue weighted by atomic mass is 32.4. The van der Waals surface area contributed by atoms with E-state index in [4.69, 9.17) is 48.5 Å². The molecule has 6 nitrogen and oxygen atoms in total. The van der Waals surface area contributed by atoms with Crippen LogP contribution in [0.1, 0.15) is 0 Å². The topological polar surface area (TPSA) is 45.1 Å². The Hall–Kier alpha value is -0.280. The second-order valence-electron chi connectivity index (χ2n) is 4.82. The van der Waals surface area contributed by atoms with Crippen LogP contribution in [0.25, 0.3) is 0 Å². The van der Waals surface area contributed by atoms with Gasteiger partial charge in [0.2, 0.25) is 6.49 Å². The smallest absolute Gasteiger partial charge is 0.216 e. The Morgan fingerprint density at radius 2 is 0.900 bits per heavy atom. The molecule has 3 aliphatic heterocycles. The molecule has 0 bridgehead atoms. The van der Waals surface area contributed by atoms with E-state index in [1.807, 2.05) is 14.7 Å². The van der Waals surface area contributed by atoms with Crippen LogP contribution in [-0.2, 0) is 11.8 Å². The van der Waals surface area contributed by atoms with Crippen LogP contribution in [0.15, 0.2) is 0 Å². The van der Waals surface area contributed by atoms with Gasteiger partial charge in [-0.25, -0.2) is 0 Å². The van der Waals surface area contributed by atoms with Gasteiger partial charge in [-0.15, -0.1) is 0 Å². The lowest BCUT2D eigenvalue weighted by Crippen LogP contribution is -2.43. The van der Waals surface area contributed by atoms with Gasteiger partial charge >= 0.3 is 0 Å². The molecule has 0 aromatic rings. The van der Waals surface area contributed by atoms with Crippen molar-refractivity contribution in [2.45, 2.75) is 0 Å². The summed E-state index contributed by atoms with van der Waals surface area (Å²) in [6.07, 6.45) is 0. The van der Waals surface area contributed by atoms with Crippen molar-refractivity contribution in [3.8, 4) is 0 Å². The lowest BCUT2D eigenvalue weighted by molar-refractivity contribution is 0.819. The predicted octanol–water partition coefficient (Wildman–Crippen LogP) is -0.219. The van der Waals surface area contributed by atoms with Crippen molar-refractivity contribution >= 4 is 70.3 Å². The average Bonchev–Trinajstić information content (AvgIpc) is 3.29. The van der Waals surface area contributed by atoms with E-state index in [1.165, 1.54) is 0 Å². The molecule has 0 saturated carbocycles. The maximum atomic E-state index is 5.71. The summed E-state index contributed by atoms with van der Waals surface area (Å²) in [4.78, 5) is 6.13. The summed E-state index contributed by atoms with van der Waals surface area (Å²) in [7, 11) is 0. The van der Waals surface area contributed by atoms with E-state index in [0.717, 1.165) is 39.3 Å². The standard InChI is InChI=1S/C9H15N6PS4/c17-7(13-1-2-13)10-16(20,11-8(18)14-3-4-14)12-9(19)15-5-6-15/h1-6H2,(H3,10,11,12,17,18,19,20). The van der Waals surface area contributed by atoms with E-state index in [9.17, 15) is 0 Å². The number of nitrogens with zero attached hydrogens (tertiary/aromatic N) is 3. The van der Waals surface area contributed by atoms with Gasteiger partial charge in [-0.2, -0.15) is 0 Å². The normalized spacial score (nSPS) is 19.3. The number of nitrogens with one attached hydrogen (secondary N) is 3. The van der Waals surface area contributed by atoms with Gasteiger partial charge in [0.15, 0.2) is 15.3 Å². The highest BCUT2D eigenvalue weighted by molar-refractivity contribution is 8.13. The first kappa shape index (κ1) is 14.6. The minimum atomic E-state index is -2.39. The lowest BCUT2D eigenvalue weighted by atomic mass is 11.0. The van der Waals surface area contributed by atoms with Crippen LogP contribution in [0, 0.1) is 0 Å². The van der Waals surface area contributed by atoms with Crippen LogP contribution in [0.3, 0.4) is 0 Å². The summed E-state index contributed by atoms with van der Waals surface area (Å²) in [6.45, 7) is 3.49. The van der Waals surface area contributed by atoms with Gasteiger partial charge in [-0.1, -0.05) is 0 Å². The van der Waals surface area contributed by atoms with E-state index in [2.05, 4.69) is 15.3 Å². The van der Waals surface area contributed by atoms with Gasteiger partial charge in [0, 0.05) is 39.3 Å². The fraction of sp³-hybridized carbons (Fsp3) is 0.667. The Kier molecular flexibility index (Phi) is 4.02. The van der Waals surface area contributed by atoms with E-state index in [1.54, 1.807) is 0 Å². The van der Waals surface area contributed by atoms with Crippen LogP contribution < -0.4 is 15.3 Å². The van der Waals surface area contributed by atoms with E-state index >= 15 is 0 Å². The molecule has 0 aliphatic carbocycles. The molecule has 3 saturated heterocycles. The van der Waals surface area contributed by atoms with Crippen molar-refractivity contribution in [2.75, 3.05) is 39.3 Å². The quantitative estimate of drug-likeness (QED) is 0.355. The summed E-state index contributed by atoms with van der Waals surface area (Å²) < 4.78 is 0. The third-order valence-corrected chi connectivity index (χ3v) is 6.90. The third kappa shape index (κ3) is 3.88. The third-order valence-electron chi connectivity index (χ3n) is 2.96. The molecular formula is C9H15N6PS4. The van der Waals surface area contributed by atoms with Crippen LogP contribution in [0.5, 0.6) is 0 Å². The van der Waals surface area contributed by atoms with Gasteiger partial charge in [0.05, 0.1) is 0 Å². The molecule has 0 atom stereocenters. The van der Waals surface area contributed by atoms with Crippen molar-refractivity contribution < 1.29 is 0 Å². The maximum absolute atomic E-state index is 5.71. The first-order valence-corrected chi connectivity index (χ1v) is 10.3. The van der Waals surface area contributed by atoms with Crippen molar-refractivity contribution in [3.05, 3.63) is 0 Å². The largest absolute Gasteiger partial charge is 0.345 e. The molecular weight excluding hydrogens is 351 g/mol. The first-order chi connectivity index (χ1) is 9.47. The minimum absolute atomic E-state index is 0.663. The molecule has 0 aromatic heterocycles. The van der Waals surface area contributed by atoms with Gasteiger partial charge < -0.3 is 30.0 Å². The highest BCUT2D eigenvalue weighted by Gasteiger charge is 2.32. The summed E-state index contributed by atoms with van der Waals surface area (Å²) in [5, 5.41) is 11.6. The Morgan fingerprint density at radius 3 is 1.10 bits per heavy atom. The fourth-order valence-corrected chi connectivity index (χ4v) is 5.94. The second kappa shape index (κ2) is 5.49. The van der Waals surface area contributed by atoms with Crippen molar-refractivity contribution in [3.63, 3.8) is 0 Å². The maximum Gasteiger partial charge on any atom is 0.216 e. The molecule has 0 amide bonds. The van der Waals surface area contributed by atoms with Crippen LogP contribution >= 0.6 is 43.1 Å². The first-order valence-electron chi connectivity index (χ1n) is 6.28. The molecule has 0 unspecified atom stereocenters.